The van der Waals surface area contributed by atoms with Gasteiger partial charge >= 0.3 is 5.97 Å². The summed E-state index contributed by atoms with van der Waals surface area (Å²) in [7, 11) is 1.60. The molecule has 0 bridgehead atoms. The van der Waals surface area contributed by atoms with Crippen LogP contribution in [0.2, 0.25) is 0 Å². The minimum Gasteiger partial charge on any atom is -0.497 e. The average Bonchev–Trinajstić information content (AvgIpc) is 3.31. The Kier molecular flexibility index (Phi) is 5.50. The van der Waals surface area contributed by atoms with Crippen molar-refractivity contribution in [2.75, 3.05) is 20.2 Å². The Morgan fingerprint density at radius 1 is 1.35 bits per heavy atom. The molecule has 1 aromatic heterocycles. The van der Waals surface area contributed by atoms with E-state index in [2.05, 4.69) is 10.1 Å². The summed E-state index contributed by atoms with van der Waals surface area (Å²) < 4.78 is 10.4. The summed E-state index contributed by atoms with van der Waals surface area (Å²) >= 11 is 0. The molecule has 138 valence electrons. The average molecular weight is 359 g/mol. The number of nitrogens with zero attached hydrogens (tertiary/aromatic N) is 3. The Labute approximate surface area is 150 Å². The second-order valence-electron chi connectivity index (χ2n) is 6.26. The van der Waals surface area contributed by atoms with E-state index in [1.807, 2.05) is 24.3 Å². The number of carbonyl (C=O) groups is 2. The Morgan fingerprint density at radius 2 is 2.12 bits per heavy atom. The topological polar surface area (TPSA) is 106 Å². The molecule has 2 aromatic rings. The highest BCUT2D eigenvalue weighted by atomic mass is 16.5. The van der Waals surface area contributed by atoms with Gasteiger partial charge in [-0.1, -0.05) is 5.16 Å². The number of ether oxygens (including phenoxy) is 1. The molecule has 1 aromatic carbocycles. The zero-order valence-electron chi connectivity index (χ0n) is 14.6. The summed E-state index contributed by atoms with van der Waals surface area (Å²) in [5.41, 5.74) is 0.827. The van der Waals surface area contributed by atoms with E-state index in [0.717, 1.165) is 11.3 Å². The lowest BCUT2D eigenvalue weighted by Gasteiger charge is -2.15. The van der Waals surface area contributed by atoms with E-state index in [-0.39, 0.29) is 5.91 Å². The van der Waals surface area contributed by atoms with E-state index in [1.165, 1.54) is 0 Å². The number of carbonyl (C=O) groups excluding carboxylic acids is 1. The molecule has 1 saturated heterocycles. The first-order valence-electron chi connectivity index (χ1n) is 8.54. The number of aromatic nitrogens is 2. The normalized spacial score (nSPS) is 16.7. The molecule has 0 spiro atoms. The molecule has 1 atom stereocenters. The van der Waals surface area contributed by atoms with Gasteiger partial charge in [-0.05, 0) is 37.1 Å². The third kappa shape index (κ3) is 4.19. The lowest BCUT2D eigenvalue weighted by atomic mass is 10.1. The SMILES string of the molecule is COc1ccc(-c2noc(CCCC(=O)N3CCC(C(=O)O)C3)n2)cc1. The predicted octanol–water partition coefficient (Wildman–Crippen LogP) is 2.00. The van der Waals surface area contributed by atoms with Crippen LogP contribution >= 0.6 is 0 Å². The fourth-order valence-corrected chi connectivity index (χ4v) is 2.95. The van der Waals surface area contributed by atoms with Crippen molar-refractivity contribution >= 4 is 11.9 Å². The van der Waals surface area contributed by atoms with E-state index >= 15 is 0 Å². The molecule has 1 aliphatic heterocycles. The van der Waals surface area contributed by atoms with Gasteiger partial charge in [-0.3, -0.25) is 9.59 Å². The van der Waals surface area contributed by atoms with E-state index in [9.17, 15) is 9.59 Å². The van der Waals surface area contributed by atoms with Crippen LogP contribution in [0, 0.1) is 5.92 Å². The molecule has 0 radical (unpaired) electrons. The third-order valence-corrected chi connectivity index (χ3v) is 4.49. The van der Waals surface area contributed by atoms with Crippen LogP contribution in [-0.2, 0) is 16.0 Å². The minimum absolute atomic E-state index is 0.0244. The number of aryl methyl sites for hydroxylation is 1. The number of aliphatic carboxylic acids is 1. The number of carboxylic acid groups (broad SMARTS) is 1. The summed E-state index contributed by atoms with van der Waals surface area (Å²) in [4.78, 5) is 29.1. The second kappa shape index (κ2) is 7.99. The van der Waals surface area contributed by atoms with Crippen LogP contribution in [-0.4, -0.2) is 52.2 Å². The molecule has 0 saturated carbocycles. The first-order valence-corrected chi connectivity index (χ1v) is 8.54. The Morgan fingerprint density at radius 3 is 2.77 bits per heavy atom. The van der Waals surface area contributed by atoms with Gasteiger partial charge in [0, 0.05) is 31.5 Å². The lowest BCUT2D eigenvalue weighted by Crippen LogP contribution is -2.29. The maximum Gasteiger partial charge on any atom is 0.308 e. The molecule has 0 aliphatic carbocycles. The third-order valence-electron chi connectivity index (χ3n) is 4.49. The van der Waals surface area contributed by atoms with Crippen molar-refractivity contribution < 1.29 is 24.0 Å². The van der Waals surface area contributed by atoms with Crippen LogP contribution in [0.3, 0.4) is 0 Å². The quantitative estimate of drug-likeness (QED) is 0.806. The fraction of sp³-hybridized carbons (Fsp3) is 0.444. The van der Waals surface area contributed by atoms with Crippen molar-refractivity contribution in [1.29, 1.82) is 0 Å². The van der Waals surface area contributed by atoms with Gasteiger partial charge < -0.3 is 19.3 Å². The van der Waals surface area contributed by atoms with Crippen molar-refractivity contribution in [3.05, 3.63) is 30.2 Å². The number of benzene rings is 1. The van der Waals surface area contributed by atoms with Gasteiger partial charge in [0.2, 0.25) is 17.6 Å². The van der Waals surface area contributed by atoms with Crippen molar-refractivity contribution in [3.8, 4) is 17.1 Å². The molecule has 8 nitrogen and oxygen atoms in total. The highest BCUT2D eigenvalue weighted by Gasteiger charge is 2.30. The molecule has 1 amide bonds. The number of hydrogen-bond donors (Lipinski definition) is 1. The van der Waals surface area contributed by atoms with Gasteiger partial charge in [-0.2, -0.15) is 4.98 Å². The first kappa shape index (κ1) is 17.9. The maximum absolute atomic E-state index is 12.1. The number of rotatable bonds is 7. The predicted molar refractivity (Wildman–Crippen MR) is 91.5 cm³/mol. The van der Waals surface area contributed by atoms with Gasteiger partial charge in [0.15, 0.2) is 0 Å². The molecule has 2 heterocycles. The molecule has 1 fully saturated rings. The molecular weight excluding hydrogens is 338 g/mol. The fourth-order valence-electron chi connectivity index (χ4n) is 2.95. The van der Waals surface area contributed by atoms with Crippen LogP contribution in [0.15, 0.2) is 28.8 Å². The Bertz CT molecular complexity index is 771. The molecule has 1 N–H and O–H groups in total. The van der Waals surface area contributed by atoms with Crippen LogP contribution in [0.4, 0.5) is 0 Å². The van der Waals surface area contributed by atoms with E-state index in [4.69, 9.17) is 14.4 Å². The standard InChI is InChI=1S/C18H21N3O5/c1-25-14-7-5-12(6-8-14)17-19-15(26-20-17)3-2-4-16(22)21-10-9-13(11-21)18(23)24/h5-8,13H,2-4,9-11H2,1H3,(H,23,24). The molecule has 1 unspecified atom stereocenters. The van der Waals surface area contributed by atoms with Gasteiger partial charge in [0.1, 0.15) is 5.75 Å². The number of carboxylic acids is 1. The van der Waals surface area contributed by atoms with Crippen LogP contribution < -0.4 is 4.74 Å². The van der Waals surface area contributed by atoms with E-state index in [1.54, 1.807) is 12.0 Å². The van der Waals surface area contributed by atoms with Gasteiger partial charge in [-0.25, -0.2) is 0 Å². The molecule has 1 aliphatic rings. The summed E-state index contributed by atoms with van der Waals surface area (Å²) in [6.45, 7) is 0.814. The van der Waals surface area contributed by atoms with Crippen LogP contribution in [0.25, 0.3) is 11.4 Å². The Balaban J connectivity index is 1.47. The van der Waals surface area contributed by atoms with Gasteiger partial charge in [0.25, 0.3) is 0 Å². The zero-order valence-corrected chi connectivity index (χ0v) is 14.6. The highest BCUT2D eigenvalue weighted by Crippen LogP contribution is 2.21. The van der Waals surface area contributed by atoms with Gasteiger partial charge in [-0.15, -0.1) is 0 Å². The van der Waals surface area contributed by atoms with Crippen molar-refractivity contribution in [3.63, 3.8) is 0 Å². The first-order chi connectivity index (χ1) is 12.6. The summed E-state index contributed by atoms with van der Waals surface area (Å²) in [5.74, 6) is 0.428. The summed E-state index contributed by atoms with van der Waals surface area (Å²) in [6, 6.07) is 7.35. The van der Waals surface area contributed by atoms with Crippen LogP contribution in [0.1, 0.15) is 25.2 Å². The van der Waals surface area contributed by atoms with E-state index < -0.39 is 11.9 Å². The van der Waals surface area contributed by atoms with Crippen molar-refractivity contribution in [2.24, 2.45) is 5.92 Å². The number of hydrogen-bond acceptors (Lipinski definition) is 6. The summed E-state index contributed by atoms with van der Waals surface area (Å²) in [5, 5.41) is 12.9. The lowest BCUT2D eigenvalue weighted by molar-refractivity contribution is -0.141. The smallest absolute Gasteiger partial charge is 0.308 e. The monoisotopic (exact) mass is 359 g/mol. The van der Waals surface area contributed by atoms with E-state index in [0.29, 0.717) is 50.5 Å². The minimum atomic E-state index is -0.836. The second-order valence-corrected chi connectivity index (χ2v) is 6.26. The molecule has 26 heavy (non-hydrogen) atoms. The highest BCUT2D eigenvalue weighted by molar-refractivity contribution is 5.78. The maximum atomic E-state index is 12.1. The largest absolute Gasteiger partial charge is 0.497 e. The van der Waals surface area contributed by atoms with Gasteiger partial charge in [0.05, 0.1) is 13.0 Å². The van der Waals surface area contributed by atoms with Crippen molar-refractivity contribution in [2.45, 2.75) is 25.7 Å². The number of amides is 1. The molecule has 8 heteroatoms. The Hall–Kier alpha value is -2.90. The zero-order chi connectivity index (χ0) is 18.5. The number of methoxy groups -OCH3 is 1. The molecular formula is C18H21N3O5. The summed E-state index contributed by atoms with van der Waals surface area (Å²) in [6.07, 6.45) is 1.95. The number of likely N-dealkylation sites (tertiary alicyclic amines) is 1. The molecule has 3 rings (SSSR count). The van der Waals surface area contributed by atoms with Crippen molar-refractivity contribution in [1.82, 2.24) is 15.0 Å². The van der Waals surface area contributed by atoms with Crippen LogP contribution in [0.5, 0.6) is 5.75 Å².